The van der Waals surface area contributed by atoms with E-state index in [9.17, 15) is 13.5 Å². The van der Waals surface area contributed by atoms with Gasteiger partial charge in [0, 0.05) is 16.7 Å². The minimum atomic E-state index is -3.38. The summed E-state index contributed by atoms with van der Waals surface area (Å²) in [4.78, 5) is 1.21. The molecule has 2 unspecified atom stereocenters. The third-order valence-corrected chi connectivity index (χ3v) is 5.34. The van der Waals surface area contributed by atoms with E-state index < -0.39 is 16.1 Å². The van der Waals surface area contributed by atoms with Crippen LogP contribution in [0.2, 0.25) is 0 Å². The Morgan fingerprint density at radius 2 is 1.83 bits per heavy atom. The molecule has 0 aromatic heterocycles. The molecule has 4 nitrogen and oxygen atoms in total. The molecule has 2 atom stereocenters. The number of aliphatic hydroxyl groups is 1. The fourth-order valence-corrected chi connectivity index (χ4v) is 3.24. The van der Waals surface area contributed by atoms with Crippen molar-refractivity contribution in [1.29, 1.82) is 0 Å². The van der Waals surface area contributed by atoms with E-state index in [2.05, 4.69) is 4.72 Å². The second kappa shape index (κ2) is 6.56. The molecule has 102 valence electrons. The lowest BCUT2D eigenvalue weighted by Gasteiger charge is -2.14. The van der Waals surface area contributed by atoms with Gasteiger partial charge in [0.05, 0.1) is 11.0 Å². The zero-order valence-corrected chi connectivity index (χ0v) is 12.4. The molecule has 6 heteroatoms. The van der Waals surface area contributed by atoms with Crippen LogP contribution in [0.25, 0.3) is 0 Å². The van der Waals surface area contributed by atoms with E-state index in [1.54, 1.807) is 38.1 Å². The first-order chi connectivity index (χ1) is 8.36. The van der Waals surface area contributed by atoms with Crippen LogP contribution in [0, 0.1) is 0 Å². The third-order valence-electron chi connectivity index (χ3n) is 2.47. The fraction of sp³-hybridized carbons (Fsp3) is 0.500. The topological polar surface area (TPSA) is 66.4 Å². The molecule has 0 heterocycles. The summed E-state index contributed by atoms with van der Waals surface area (Å²) in [6, 6.07) is 6.67. The Balaban J connectivity index is 2.81. The Morgan fingerprint density at radius 3 is 2.28 bits per heavy atom. The Kier molecular flexibility index (Phi) is 5.65. The van der Waals surface area contributed by atoms with Crippen LogP contribution < -0.4 is 4.72 Å². The second-order valence-electron chi connectivity index (χ2n) is 4.04. The highest BCUT2D eigenvalue weighted by molar-refractivity contribution is 8.00. The first-order valence-electron chi connectivity index (χ1n) is 5.81. The van der Waals surface area contributed by atoms with Crippen LogP contribution in [0.3, 0.4) is 0 Å². The normalized spacial score (nSPS) is 15.3. The quantitative estimate of drug-likeness (QED) is 0.784. The SMILES string of the molecule is CCNS(=O)(=O)c1ccc(SC(C)C(C)O)cc1. The molecule has 0 bridgehead atoms. The van der Waals surface area contributed by atoms with Crippen molar-refractivity contribution in [3.05, 3.63) is 24.3 Å². The Morgan fingerprint density at radius 1 is 1.28 bits per heavy atom. The standard InChI is InChI=1S/C12H19NO3S2/c1-4-13-18(15,16)12-7-5-11(6-8-12)17-10(3)9(2)14/h5-10,13-14H,4H2,1-3H3. The molecule has 1 aromatic rings. The van der Waals surface area contributed by atoms with Crippen LogP contribution in [0.4, 0.5) is 0 Å². The first kappa shape index (κ1) is 15.5. The zero-order chi connectivity index (χ0) is 13.8. The lowest BCUT2D eigenvalue weighted by Crippen LogP contribution is -2.23. The predicted molar refractivity (Wildman–Crippen MR) is 74.3 cm³/mol. The molecule has 1 aromatic carbocycles. The van der Waals surface area contributed by atoms with Crippen LogP contribution in [0.15, 0.2) is 34.1 Å². The average molecular weight is 289 g/mol. The van der Waals surface area contributed by atoms with Gasteiger partial charge in [-0.15, -0.1) is 11.8 Å². The van der Waals surface area contributed by atoms with Crippen molar-refractivity contribution in [3.63, 3.8) is 0 Å². The number of benzene rings is 1. The maximum Gasteiger partial charge on any atom is 0.240 e. The molecule has 0 saturated heterocycles. The summed E-state index contributed by atoms with van der Waals surface area (Å²) >= 11 is 1.52. The van der Waals surface area contributed by atoms with E-state index in [-0.39, 0.29) is 10.1 Å². The molecular weight excluding hydrogens is 270 g/mol. The van der Waals surface area contributed by atoms with E-state index in [0.717, 1.165) is 4.90 Å². The Hall–Kier alpha value is -0.560. The second-order valence-corrected chi connectivity index (χ2v) is 7.25. The highest BCUT2D eigenvalue weighted by Gasteiger charge is 2.14. The summed E-state index contributed by atoms with van der Waals surface area (Å²) in [6.45, 7) is 5.78. The van der Waals surface area contributed by atoms with E-state index in [4.69, 9.17) is 0 Å². The third kappa shape index (κ3) is 4.28. The van der Waals surface area contributed by atoms with Crippen LogP contribution in [-0.4, -0.2) is 31.4 Å². The molecule has 0 aliphatic rings. The van der Waals surface area contributed by atoms with Gasteiger partial charge in [-0.2, -0.15) is 0 Å². The van der Waals surface area contributed by atoms with E-state index >= 15 is 0 Å². The van der Waals surface area contributed by atoms with Crippen molar-refractivity contribution < 1.29 is 13.5 Å². The lowest BCUT2D eigenvalue weighted by atomic mass is 10.3. The number of hydrogen-bond acceptors (Lipinski definition) is 4. The molecule has 1 rings (SSSR count). The van der Waals surface area contributed by atoms with Crippen molar-refractivity contribution in [1.82, 2.24) is 4.72 Å². The summed E-state index contributed by atoms with van der Waals surface area (Å²) in [7, 11) is -3.38. The number of hydrogen-bond donors (Lipinski definition) is 2. The van der Waals surface area contributed by atoms with E-state index in [0.29, 0.717) is 6.54 Å². The highest BCUT2D eigenvalue weighted by atomic mass is 32.2. The largest absolute Gasteiger partial charge is 0.392 e. The summed E-state index contributed by atoms with van der Waals surface area (Å²) in [5.41, 5.74) is 0. The van der Waals surface area contributed by atoms with Crippen LogP contribution in [-0.2, 0) is 10.0 Å². The van der Waals surface area contributed by atoms with Gasteiger partial charge in [0.25, 0.3) is 0 Å². The van der Waals surface area contributed by atoms with E-state index in [1.807, 2.05) is 6.92 Å². The van der Waals surface area contributed by atoms with Gasteiger partial charge in [-0.25, -0.2) is 13.1 Å². The zero-order valence-electron chi connectivity index (χ0n) is 10.8. The maximum absolute atomic E-state index is 11.7. The van der Waals surface area contributed by atoms with Crippen molar-refractivity contribution in [3.8, 4) is 0 Å². The van der Waals surface area contributed by atoms with Gasteiger partial charge in [0.15, 0.2) is 0 Å². The summed E-state index contributed by atoms with van der Waals surface area (Å²) in [6.07, 6.45) is -0.403. The molecule has 2 N–H and O–H groups in total. The summed E-state index contributed by atoms with van der Waals surface area (Å²) in [5.74, 6) is 0. The van der Waals surface area contributed by atoms with Gasteiger partial charge >= 0.3 is 0 Å². The predicted octanol–water partition coefficient (Wildman–Crippen LogP) is 1.85. The van der Waals surface area contributed by atoms with Crippen LogP contribution >= 0.6 is 11.8 Å². The number of thioether (sulfide) groups is 1. The first-order valence-corrected chi connectivity index (χ1v) is 8.17. The minimum absolute atomic E-state index is 0.0706. The Bertz CT molecular complexity index is 469. The monoisotopic (exact) mass is 289 g/mol. The molecule has 0 saturated carbocycles. The van der Waals surface area contributed by atoms with Crippen LogP contribution in [0.5, 0.6) is 0 Å². The molecule has 0 radical (unpaired) electrons. The number of sulfonamides is 1. The van der Waals surface area contributed by atoms with Gasteiger partial charge in [0.2, 0.25) is 10.0 Å². The van der Waals surface area contributed by atoms with Crippen LogP contribution in [0.1, 0.15) is 20.8 Å². The summed E-state index contributed by atoms with van der Waals surface area (Å²) < 4.78 is 25.9. The van der Waals surface area contributed by atoms with Gasteiger partial charge in [-0.05, 0) is 31.2 Å². The maximum atomic E-state index is 11.7. The molecule has 0 spiro atoms. The van der Waals surface area contributed by atoms with Crippen molar-refractivity contribution >= 4 is 21.8 Å². The molecule has 18 heavy (non-hydrogen) atoms. The molecular formula is C12H19NO3S2. The Labute approximate surface area is 113 Å². The van der Waals surface area contributed by atoms with Crippen molar-refractivity contribution in [2.24, 2.45) is 0 Å². The van der Waals surface area contributed by atoms with Crippen molar-refractivity contribution in [2.75, 3.05) is 6.54 Å². The van der Waals surface area contributed by atoms with Gasteiger partial charge < -0.3 is 5.11 Å². The number of aliphatic hydroxyl groups excluding tert-OH is 1. The number of nitrogens with one attached hydrogen (secondary N) is 1. The minimum Gasteiger partial charge on any atom is -0.392 e. The lowest BCUT2D eigenvalue weighted by molar-refractivity contribution is 0.196. The van der Waals surface area contributed by atoms with E-state index in [1.165, 1.54) is 11.8 Å². The average Bonchev–Trinajstić information content (AvgIpc) is 2.29. The molecule has 0 aliphatic heterocycles. The van der Waals surface area contributed by atoms with Gasteiger partial charge in [0.1, 0.15) is 0 Å². The summed E-state index contributed by atoms with van der Waals surface area (Å²) in [5, 5.41) is 9.48. The molecule has 0 aliphatic carbocycles. The van der Waals surface area contributed by atoms with Gasteiger partial charge in [-0.3, -0.25) is 0 Å². The fourth-order valence-electron chi connectivity index (χ4n) is 1.28. The number of rotatable bonds is 6. The highest BCUT2D eigenvalue weighted by Crippen LogP contribution is 2.26. The molecule has 0 amide bonds. The molecule has 0 fully saturated rings. The van der Waals surface area contributed by atoms with Gasteiger partial charge in [-0.1, -0.05) is 13.8 Å². The smallest absolute Gasteiger partial charge is 0.240 e. The van der Waals surface area contributed by atoms with Crippen molar-refractivity contribution in [2.45, 2.75) is 41.9 Å².